The summed E-state index contributed by atoms with van der Waals surface area (Å²) in [5.74, 6) is 0.815. The van der Waals surface area contributed by atoms with Gasteiger partial charge in [-0.05, 0) is 56.5 Å². The smallest absolute Gasteiger partial charge is 0.227 e. The molecular formula is C15H24N2O2. The lowest BCUT2D eigenvalue weighted by Gasteiger charge is -2.18. The van der Waals surface area contributed by atoms with Crippen molar-refractivity contribution in [2.24, 2.45) is 11.7 Å². The zero-order valence-corrected chi connectivity index (χ0v) is 12.5. The van der Waals surface area contributed by atoms with E-state index in [2.05, 4.69) is 5.32 Å². The Morgan fingerprint density at radius 1 is 1.37 bits per heavy atom. The summed E-state index contributed by atoms with van der Waals surface area (Å²) in [6.45, 7) is 8.37. The van der Waals surface area contributed by atoms with E-state index in [9.17, 15) is 4.79 Å². The molecule has 0 bridgehead atoms. The third kappa shape index (κ3) is 3.47. The van der Waals surface area contributed by atoms with Gasteiger partial charge in [0.2, 0.25) is 5.91 Å². The molecule has 0 saturated heterocycles. The van der Waals surface area contributed by atoms with E-state index in [-0.39, 0.29) is 11.8 Å². The normalized spacial score (nSPS) is 12.1. The third-order valence-corrected chi connectivity index (χ3v) is 3.54. The topological polar surface area (TPSA) is 64.3 Å². The predicted molar refractivity (Wildman–Crippen MR) is 78.7 cm³/mol. The highest BCUT2D eigenvalue weighted by atomic mass is 16.5. The summed E-state index contributed by atoms with van der Waals surface area (Å²) < 4.78 is 5.37. The van der Waals surface area contributed by atoms with Crippen molar-refractivity contribution in [3.8, 4) is 5.75 Å². The van der Waals surface area contributed by atoms with Crippen LogP contribution in [0.4, 0.5) is 5.69 Å². The van der Waals surface area contributed by atoms with Crippen LogP contribution in [-0.4, -0.2) is 19.6 Å². The first-order chi connectivity index (χ1) is 8.92. The zero-order chi connectivity index (χ0) is 14.6. The van der Waals surface area contributed by atoms with Gasteiger partial charge in [0.15, 0.2) is 0 Å². The van der Waals surface area contributed by atoms with Crippen molar-refractivity contribution in [1.29, 1.82) is 0 Å². The number of aryl methyl sites for hydroxylation is 1. The fourth-order valence-electron chi connectivity index (χ4n) is 2.14. The van der Waals surface area contributed by atoms with Crippen molar-refractivity contribution < 1.29 is 9.53 Å². The predicted octanol–water partition coefficient (Wildman–Crippen LogP) is 2.54. The summed E-state index contributed by atoms with van der Waals surface area (Å²) in [5.41, 5.74) is 9.45. The molecule has 3 N–H and O–H groups in total. The summed E-state index contributed by atoms with van der Waals surface area (Å²) >= 11 is 0. The Bertz CT molecular complexity index is 470. The Morgan fingerprint density at radius 3 is 2.53 bits per heavy atom. The Balaban J connectivity index is 3.00. The van der Waals surface area contributed by atoms with Crippen LogP contribution in [0.25, 0.3) is 0 Å². The molecule has 0 spiro atoms. The van der Waals surface area contributed by atoms with E-state index in [4.69, 9.17) is 10.5 Å². The lowest BCUT2D eigenvalue weighted by Crippen LogP contribution is -2.23. The Hall–Kier alpha value is -1.55. The summed E-state index contributed by atoms with van der Waals surface area (Å²) in [4.78, 5) is 12.0. The van der Waals surface area contributed by atoms with Gasteiger partial charge in [-0.15, -0.1) is 0 Å². The molecule has 19 heavy (non-hydrogen) atoms. The molecule has 0 heterocycles. The minimum atomic E-state index is -0.0767. The highest BCUT2D eigenvalue weighted by Gasteiger charge is 2.16. The number of anilines is 1. The molecular weight excluding hydrogens is 240 g/mol. The second kappa shape index (κ2) is 6.57. The Labute approximate surface area is 115 Å². The van der Waals surface area contributed by atoms with Crippen LogP contribution in [0.1, 0.15) is 30.0 Å². The Kier molecular flexibility index (Phi) is 5.36. The van der Waals surface area contributed by atoms with Crippen LogP contribution in [0.2, 0.25) is 0 Å². The van der Waals surface area contributed by atoms with Crippen molar-refractivity contribution >= 4 is 11.6 Å². The van der Waals surface area contributed by atoms with E-state index in [1.165, 1.54) is 0 Å². The van der Waals surface area contributed by atoms with Crippen LogP contribution in [0.3, 0.4) is 0 Å². The number of hydrogen-bond donors (Lipinski definition) is 2. The number of nitrogens with two attached hydrogens (primary N) is 1. The number of rotatable bonds is 5. The van der Waals surface area contributed by atoms with Crippen LogP contribution in [-0.2, 0) is 4.79 Å². The highest BCUT2D eigenvalue weighted by molar-refractivity contribution is 5.93. The van der Waals surface area contributed by atoms with E-state index in [0.29, 0.717) is 13.0 Å². The molecule has 0 fully saturated rings. The first-order valence-electron chi connectivity index (χ1n) is 6.58. The van der Waals surface area contributed by atoms with Gasteiger partial charge in [0, 0.05) is 11.6 Å². The molecule has 1 aromatic rings. The number of benzene rings is 1. The first kappa shape index (κ1) is 15.5. The highest BCUT2D eigenvalue weighted by Crippen LogP contribution is 2.31. The van der Waals surface area contributed by atoms with Gasteiger partial charge in [-0.2, -0.15) is 0 Å². The molecule has 0 aromatic heterocycles. The van der Waals surface area contributed by atoms with E-state index >= 15 is 0 Å². The average Bonchev–Trinajstić information content (AvgIpc) is 2.36. The molecule has 1 rings (SSSR count). The number of methoxy groups -OCH3 is 1. The van der Waals surface area contributed by atoms with Crippen molar-refractivity contribution in [3.05, 3.63) is 22.8 Å². The standard InChI is InChI=1S/C15H24N2O2/c1-9(6-7-16)15(18)17-13-8-10(2)14(19-5)12(4)11(13)3/h8-9H,6-7,16H2,1-5H3,(H,17,18). The quantitative estimate of drug-likeness (QED) is 0.859. The maximum Gasteiger partial charge on any atom is 0.227 e. The molecule has 0 saturated carbocycles. The van der Waals surface area contributed by atoms with E-state index < -0.39 is 0 Å². The molecule has 106 valence electrons. The number of nitrogens with one attached hydrogen (secondary N) is 1. The van der Waals surface area contributed by atoms with Crippen molar-refractivity contribution in [3.63, 3.8) is 0 Å². The molecule has 0 radical (unpaired) electrons. The average molecular weight is 264 g/mol. The summed E-state index contributed by atoms with van der Waals surface area (Å²) in [7, 11) is 1.66. The SMILES string of the molecule is COc1c(C)cc(NC(=O)C(C)CCN)c(C)c1C. The van der Waals surface area contributed by atoms with E-state index in [0.717, 1.165) is 28.1 Å². The Morgan fingerprint density at radius 2 is 2.00 bits per heavy atom. The number of amides is 1. The molecule has 1 aromatic carbocycles. The number of hydrogen-bond acceptors (Lipinski definition) is 3. The maximum atomic E-state index is 12.0. The second-order valence-corrected chi connectivity index (χ2v) is 4.99. The van der Waals surface area contributed by atoms with E-state index in [1.54, 1.807) is 7.11 Å². The van der Waals surface area contributed by atoms with Gasteiger partial charge < -0.3 is 15.8 Å². The van der Waals surface area contributed by atoms with Crippen molar-refractivity contribution in [2.45, 2.75) is 34.1 Å². The lowest BCUT2D eigenvalue weighted by molar-refractivity contribution is -0.119. The molecule has 4 nitrogen and oxygen atoms in total. The minimum Gasteiger partial charge on any atom is -0.496 e. The molecule has 0 aliphatic rings. The monoisotopic (exact) mass is 264 g/mol. The van der Waals surface area contributed by atoms with Gasteiger partial charge in [0.25, 0.3) is 0 Å². The zero-order valence-electron chi connectivity index (χ0n) is 12.5. The number of carbonyl (C=O) groups excluding carboxylic acids is 1. The molecule has 0 aliphatic heterocycles. The van der Waals surface area contributed by atoms with Gasteiger partial charge >= 0.3 is 0 Å². The van der Waals surface area contributed by atoms with Crippen molar-refractivity contribution in [1.82, 2.24) is 0 Å². The fourth-order valence-corrected chi connectivity index (χ4v) is 2.14. The molecule has 1 amide bonds. The van der Waals surface area contributed by atoms with Gasteiger partial charge in [0.1, 0.15) is 5.75 Å². The maximum absolute atomic E-state index is 12.0. The second-order valence-electron chi connectivity index (χ2n) is 4.99. The van der Waals surface area contributed by atoms with Crippen LogP contribution in [0.15, 0.2) is 6.07 Å². The molecule has 4 heteroatoms. The van der Waals surface area contributed by atoms with Crippen LogP contribution in [0, 0.1) is 26.7 Å². The largest absolute Gasteiger partial charge is 0.496 e. The molecule has 1 unspecified atom stereocenters. The number of ether oxygens (including phenoxy) is 1. The van der Waals surface area contributed by atoms with Crippen LogP contribution >= 0.6 is 0 Å². The van der Waals surface area contributed by atoms with Gasteiger partial charge in [-0.25, -0.2) is 0 Å². The summed E-state index contributed by atoms with van der Waals surface area (Å²) in [6.07, 6.45) is 0.693. The first-order valence-corrected chi connectivity index (χ1v) is 6.58. The van der Waals surface area contributed by atoms with Crippen molar-refractivity contribution in [2.75, 3.05) is 19.0 Å². The summed E-state index contributed by atoms with van der Waals surface area (Å²) in [5, 5.41) is 2.98. The molecule has 1 atom stereocenters. The molecule has 0 aliphatic carbocycles. The minimum absolute atomic E-state index is 0.0116. The fraction of sp³-hybridized carbons (Fsp3) is 0.533. The van der Waals surface area contributed by atoms with Gasteiger partial charge in [-0.1, -0.05) is 6.92 Å². The summed E-state index contributed by atoms with van der Waals surface area (Å²) in [6, 6.07) is 1.95. The lowest BCUT2D eigenvalue weighted by atomic mass is 10.0. The van der Waals surface area contributed by atoms with Crippen LogP contribution < -0.4 is 15.8 Å². The third-order valence-electron chi connectivity index (χ3n) is 3.54. The van der Waals surface area contributed by atoms with Gasteiger partial charge in [-0.3, -0.25) is 4.79 Å². The van der Waals surface area contributed by atoms with Crippen LogP contribution in [0.5, 0.6) is 5.75 Å². The van der Waals surface area contributed by atoms with Gasteiger partial charge in [0.05, 0.1) is 7.11 Å². The van der Waals surface area contributed by atoms with E-state index in [1.807, 2.05) is 33.8 Å². The number of carbonyl (C=O) groups is 1.